The summed E-state index contributed by atoms with van der Waals surface area (Å²) in [7, 11) is 0. The zero-order valence-electron chi connectivity index (χ0n) is 13.4. The van der Waals surface area contributed by atoms with E-state index in [9.17, 15) is 4.79 Å². The summed E-state index contributed by atoms with van der Waals surface area (Å²) in [6, 6.07) is 9.69. The lowest BCUT2D eigenvalue weighted by atomic mass is 10.2. The molecule has 0 spiro atoms. The minimum absolute atomic E-state index is 0.0115. The summed E-state index contributed by atoms with van der Waals surface area (Å²) in [4.78, 5) is 16.1. The largest absolute Gasteiger partial charge is 0.455 e. The van der Waals surface area contributed by atoms with Crippen molar-refractivity contribution in [2.24, 2.45) is 0 Å². The molecular formula is C17H18N4O3. The SMILES string of the molecule is CCCc1noc(COC(=O)Cc2cnn(-c3ccccc3)c2)n1. The van der Waals surface area contributed by atoms with Crippen molar-refractivity contribution in [2.45, 2.75) is 32.8 Å². The van der Waals surface area contributed by atoms with Crippen molar-refractivity contribution in [1.82, 2.24) is 19.9 Å². The van der Waals surface area contributed by atoms with Crippen molar-refractivity contribution in [3.63, 3.8) is 0 Å². The molecule has 0 unspecified atom stereocenters. The Kier molecular flexibility index (Phi) is 5.00. The predicted octanol–water partition coefficient (Wildman–Crippen LogP) is 2.49. The third-order valence-corrected chi connectivity index (χ3v) is 3.35. The molecule has 3 aromatic rings. The quantitative estimate of drug-likeness (QED) is 0.620. The van der Waals surface area contributed by atoms with E-state index in [1.165, 1.54) is 0 Å². The summed E-state index contributed by atoms with van der Waals surface area (Å²) in [5.41, 5.74) is 1.72. The zero-order chi connectivity index (χ0) is 16.8. The first-order valence-corrected chi connectivity index (χ1v) is 7.80. The Morgan fingerprint density at radius 3 is 2.92 bits per heavy atom. The molecule has 7 nitrogen and oxygen atoms in total. The number of nitrogens with zero attached hydrogens (tertiary/aromatic N) is 4. The fraction of sp³-hybridized carbons (Fsp3) is 0.294. The van der Waals surface area contributed by atoms with Gasteiger partial charge in [-0.2, -0.15) is 10.1 Å². The maximum absolute atomic E-state index is 11.9. The van der Waals surface area contributed by atoms with Crippen LogP contribution in [0, 0.1) is 0 Å². The average molecular weight is 326 g/mol. The Balaban J connectivity index is 1.52. The number of carbonyl (C=O) groups is 1. The lowest BCUT2D eigenvalue weighted by Crippen LogP contribution is -2.07. The van der Waals surface area contributed by atoms with Crippen LogP contribution in [0.15, 0.2) is 47.2 Å². The highest BCUT2D eigenvalue weighted by atomic mass is 16.6. The third kappa shape index (κ3) is 4.07. The van der Waals surface area contributed by atoms with Gasteiger partial charge in [-0.3, -0.25) is 4.79 Å². The number of benzene rings is 1. The third-order valence-electron chi connectivity index (χ3n) is 3.35. The summed E-state index contributed by atoms with van der Waals surface area (Å²) < 4.78 is 11.9. The molecule has 2 heterocycles. The van der Waals surface area contributed by atoms with E-state index in [0.29, 0.717) is 11.7 Å². The number of para-hydroxylation sites is 1. The highest BCUT2D eigenvalue weighted by molar-refractivity contribution is 5.72. The number of ether oxygens (including phenoxy) is 1. The molecule has 0 aliphatic carbocycles. The maximum atomic E-state index is 11.9. The Morgan fingerprint density at radius 2 is 2.12 bits per heavy atom. The summed E-state index contributed by atoms with van der Waals surface area (Å²) in [5, 5.41) is 8.06. The van der Waals surface area contributed by atoms with E-state index in [1.54, 1.807) is 10.9 Å². The highest BCUT2D eigenvalue weighted by Crippen LogP contribution is 2.09. The van der Waals surface area contributed by atoms with Crippen LogP contribution in [0.1, 0.15) is 30.6 Å². The molecular weight excluding hydrogens is 308 g/mol. The number of rotatable bonds is 7. The van der Waals surface area contributed by atoms with Gasteiger partial charge in [0.15, 0.2) is 12.4 Å². The first kappa shape index (κ1) is 15.9. The van der Waals surface area contributed by atoms with Crippen molar-refractivity contribution in [3.8, 4) is 5.69 Å². The molecule has 124 valence electrons. The lowest BCUT2D eigenvalue weighted by Gasteiger charge is -2.00. The summed E-state index contributed by atoms with van der Waals surface area (Å²) in [6.45, 7) is 2.02. The van der Waals surface area contributed by atoms with Crippen LogP contribution in [0.3, 0.4) is 0 Å². The molecule has 7 heteroatoms. The Hall–Kier alpha value is -2.96. The Morgan fingerprint density at radius 1 is 1.29 bits per heavy atom. The normalized spacial score (nSPS) is 10.7. The van der Waals surface area contributed by atoms with E-state index in [0.717, 1.165) is 24.1 Å². The van der Waals surface area contributed by atoms with Crippen LogP contribution in [0.5, 0.6) is 0 Å². The number of aromatic nitrogens is 4. The molecule has 0 N–H and O–H groups in total. The second kappa shape index (κ2) is 7.54. The minimum Gasteiger partial charge on any atom is -0.455 e. The van der Waals surface area contributed by atoms with Crippen LogP contribution in [-0.4, -0.2) is 25.9 Å². The van der Waals surface area contributed by atoms with Crippen LogP contribution < -0.4 is 0 Å². The van der Waals surface area contributed by atoms with E-state index < -0.39 is 0 Å². The van der Waals surface area contributed by atoms with Gasteiger partial charge in [0.25, 0.3) is 5.89 Å². The second-order valence-corrected chi connectivity index (χ2v) is 5.32. The first-order valence-electron chi connectivity index (χ1n) is 7.80. The molecule has 24 heavy (non-hydrogen) atoms. The van der Waals surface area contributed by atoms with Gasteiger partial charge in [-0.1, -0.05) is 30.3 Å². The van der Waals surface area contributed by atoms with Crippen molar-refractivity contribution < 1.29 is 14.1 Å². The van der Waals surface area contributed by atoms with E-state index in [1.807, 2.05) is 43.5 Å². The molecule has 1 aromatic carbocycles. The van der Waals surface area contributed by atoms with Crippen molar-refractivity contribution in [1.29, 1.82) is 0 Å². The van der Waals surface area contributed by atoms with Crippen LogP contribution in [0.4, 0.5) is 0 Å². The summed E-state index contributed by atoms with van der Waals surface area (Å²) in [6.07, 6.45) is 5.28. The number of hydrogen-bond donors (Lipinski definition) is 0. The number of carbonyl (C=O) groups excluding carboxylic acids is 1. The Bertz CT molecular complexity index is 795. The molecule has 3 rings (SSSR count). The van der Waals surface area contributed by atoms with Gasteiger partial charge in [-0.15, -0.1) is 0 Å². The summed E-state index contributed by atoms with van der Waals surface area (Å²) >= 11 is 0. The van der Waals surface area contributed by atoms with Crippen LogP contribution in [-0.2, 0) is 29.0 Å². The highest BCUT2D eigenvalue weighted by Gasteiger charge is 2.11. The topological polar surface area (TPSA) is 83.0 Å². The van der Waals surface area contributed by atoms with Gasteiger partial charge < -0.3 is 9.26 Å². The average Bonchev–Trinajstić information content (AvgIpc) is 3.24. The van der Waals surface area contributed by atoms with Crippen LogP contribution in [0.25, 0.3) is 5.69 Å². The minimum atomic E-state index is -0.363. The maximum Gasteiger partial charge on any atom is 0.310 e. The fourth-order valence-corrected chi connectivity index (χ4v) is 2.21. The standard InChI is InChI=1S/C17H18N4O3/c1-2-6-15-19-16(24-20-15)12-23-17(22)9-13-10-18-21(11-13)14-7-4-3-5-8-14/h3-5,7-8,10-11H,2,6,9,12H2,1H3. The molecule has 0 bridgehead atoms. The van der Waals surface area contributed by atoms with E-state index in [2.05, 4.69) is 15.2 Å². The van der Waals surface area contributed by atoms with E-state index >= 15 is 0 Å². The van der Waals surface area contributed by atoms with Gasteiger partial charge in [-0.25, -0.2) is 4.68 Å². The molecule has 0 radical (unpaired) electrons. The molecule has 2 aromatic heterocycles. The van der Waals surface area contributed by atoms with Crippen molar-refractivity contribution in [3.05, 3.63) is 60.0 Å². The smallest absolute Gasteiger partial charge is 0.310 e. The molecule has 0 saturated heterocycles. The monoisotopic (exact) mass is 326 g/mol. The Labute approximate surface area is 139 Å². The lowest BCUT2D eigenvalue weighted by molar-refractivity contribution is -0.144. The van der Waals surface area contributed by atoms with Crippen LogP contribution in [0.2, 0.25) is 0 Å². The molecule has 0 atom stereocenters. The van der Waals surface area contributed by atoms with Crippen LogP contribution >= 0.6 is 0 Å². The molecule has 0 saturated carbocycles. The van der Waals surface area contributed by atoms with Crippen molar-refractivity contribution >= 4 is 5.97 Å². The van der Waals surface area contributed by atoms with Crippen molar-refractivity contribution in [2.75, 3.05) is 0 Å². The van der Waals surface area contributed by atoms with Gasteiger partial charge in [0.05, 0.1) is 18.3 Å². The molecule has 0 aliphatic heterocycles. The fourth-order valence-electron chi connectivity index (χ4n) is 2.21. The molecule has 0 aliphatic rings. The van der Waals surface area contributed by atoms with E-state index in [4.69, 9.17) is 9.26 Å². The predicted molar refractivity (Wildman–Crippen MR) is 85.4 cm³/mol. The van der Waals surface area contributed by atoms with Gasteiger partial charge in [0.1, 0.15) is 0 Å². The number of esters is 1. The van der Waals surface area contributed by atoms with Gasteiger partial charge in [0.2, 0.25) is 0 Å². The number of aryl methyl sites for hydroxylation is 1. The zero-order valence-corrected chi connectivity index (χ0v) is 13.4. The van der Waals surface area contributed by atoms with E-state index in [-0.39, 0.29) is 19.0 Å². The molecule has 0 fully saturated rings. The second-order valence-electron chi connectivity index (χ2n) is 5.32. The molecule has 0 amide bonds. The van der Waals surface area contributed by atoms with Gasteiger partial charge >= 0.3 is 5.97 Å². The first-order chi connectivity index (χ1) is 11.7. The van der Waals surface area contributed by atoms with Gasteiger partial charge in [-0.05, 0) is 18.6 Å². The summed E-state index contributed by atoms with van der Waals surface area (Å²) in [5.74, 6) is 0.581. The number of hydrogen-bond acceptors (Lipinski definition) is 6. The van der Waals surface area contributed by atoms with Gasteiger partial charge in [0, 0.05) is 18.2 Å².